The van der Waals surface area contributed by atoms with Gasteiger partial charge >= 0.3 is 0 Å². The van der Waals surface area contributed by atoms with Crippen LogP contribution in [0.3, 0.4) is 0 Å². The fraction of sp³-hybridized carbons (Fsp3) is 0.346. The number of fused-ring (bicyclic) bond motifs is 1. The SMILES string of the molecule is CCOc1ccc(-c2coc3cc(OCC)c(/C(C)=C/C(=O)N4CCCC4)cc23)cc1. The Morgan fingerprint density at radius 1 is 1.06 bits per heavy atom. The summed E-state index contributed by atoms with van der Waals surface area (Å²) < 4.78 is 17.3. The second kappa shape index (κ2) is 9.29. The smallest absolute Gasteiger partial charge is 0.246 e. The maximum atomic E-state index is 12.7. The number of carbonyl (C=O) groups excluding carboxylic acids is 1. The van der Waals surface area contributed by atoms with E-state index in [4.69, 9.17) is 13.9 Å². The standard InChI is InChI=1S/C26H29NO4/c1-4-29-20-10-8-19(9-11-20)23-17-31-25-16-24(30-5-2)21(15-22(23)25)18(3)14-26(28)27-12-6-7-13-27/h8-11,14-17H,4-7,12-13H2,1-3H3/b18-14+. The summed E-state index contributed by atoms with van der Waals surface area (Å²) in [5.41, 5.74) is 4.61. The molecule has 1 amide bonds. The number of carbonyl (C=O) groups is 1. The Balaban J connectivity index is 1.74. The van der Waals surface area contributed by atoms with Crippen LogP contribution in [0.5, 0.6) is 11.5 Å². The van der Waals surface area contributed by atoms with Gasteiger partial charge in [0.25, 0.3) is 0 Å². The van der Waals surface area contributed by atoms with E-state index >= 15 is 0 Å². The van der Waals surface area contributed by atoms with Gasteiger partial charge in [-0.2, -0.15) is 0 Å². The molecule has 1 saturated heterocycles. The first-order valence-corrected chi connectivity index (χ1v) is 11.0. The molecule has 1 fully saturated rings. The van der Waals surface area contributed by atoms with Gasteiger partial charge in [-0.05, 0) is 62.9 Å². The molecule has 5 heteroatoms. The van der Waals surface area contributed by atoms with Crippen molar-refractivity contribution in [1.82, 2.24) is 4.90 Å². The van der Waals surface area contributed by atoms with E-state index in [0.717, 1.165) is 70.7 Å². The quantitative estimate of drug-likeness (QED) is 0.446. The molecule has 5 nitrogen and oxygen atoms in total. The molecule has 1 aliphatic rings. The Morgan fingerprint density at radius 2 is 1.77 bits per heavy atom. The van der Waals surface area contributed by atoms with Crippen LogP contribution < -0.4 is 9.47 Å². The predicted octanol–water partition coefficient (Wildman–Crippen LogP) is 5.92. The number of likely N-dealkylation sites (tertiary alicyclic amines) is 1. The number of hydrogen-bond acceptors (Lipinski definition) is 4. The van der Waals surface area contributed by atoms with Gasteiger partial charge in [0, 0.05) is 41.7 Å². The summed E-state index contributed by atoms with van der Waals surface area (Å²) in [4.78, 5) is 14.6. The highest BCUT2D eigenvalue weighted by Crippen LogP contribution is 2.38. The number of amides is 1. The molecule has 1 aromatic heterocycles. The van der Waals surface area contributed by atoms with Crippen LogP contribution in [0.2, 0.25) is 0 Å². The van der Waals surface area contributed by atoms with E-state index in [9.17, 15) is 4.79 Å². The maximum Gasteiger partial charge on any atom is 0.246 e. The van der Waals surface area contributed by atoms with E-state index in [2.05, 4.69) is 6.07 Å². The van der Waals surface area contributed by atoms with Crippen LogP contribution in [0.4, 0.5) is 0 Å². The summed E-state index contributed by atoms with van der Waals surface area (Å²) in [6.07, 6.45) is 5.66. The molecule has 0 bridgehead atoms. The van der Waals surface area contributed by atoms with Crippen molar-refractivity contribution >= 4 is 22.4 Å². The molecule has 0 radical (unpaired) electrons. The van der Waals surface area contributed by atoms with Crippen LogP contribution in [0.25, 0.3) is 27.7 Å². The Hall–Kier alpha value is -3.21. The summed E-state index contributed by atoms with van der Waals surface area (Å²) >= 11 is 0. The summed E-state index contributed by atoms with van der Waals surface area (Å²) in [6, 6.07) is 12.0. The second-order valence-electron chi connectivity index (χ2n) is 7.74. The van der Waals surface area contributed by atoms with Gasteiger partial charge in [-0.25, -0.2) is 0 Å². The minimum Gasteiger partial charge on any atom is -0.494 e. The van der Waals surface area contributed by atoms with Crippen molar-refractivity contribution in [2.24, 2.45) is 0 Å². The van der Waals surface area contributed by atoms with Gasteiger partial charge in [0.1, 0.15) is 17.1 Å². The number of rotatable bonds is 7. The predicted molar refractivity (Wildman–Crippen MR) is 123 cm³/mol. The van der Waals surface area contributed by atoms with E-state index in [-0.39, 0.29) is 5.91 Å². The minimum atomic E-state index is 0.0662. The Bertz CT molecular complexity index is 1090. The minimum absolute atomic E-state index is 0.0662. The van der Waals surface area contributed by atoms with Gasteiger partial charge < -0.3 is 18.8 Å². The van der Waals surface area contributed by atoms with E-state index in [1.54, 1.807) is 12.3 Å². The van der Waals surface area contributed by atoms with Gasteiger partial charge in [0.15, 0.2) is 0 Å². The molecule has 2 heterocycles. The third-order valence-corrected chi connectivity index (χ3v) is 5.63. The van der Waals surface area contributed by atoms with Crippen LogP contribution in [-0.4, -0.2) is 37.1 Å². The molecule has 4 rings (SSSR count). The highest BCUT2D eigenvalue weighted by molar-refractivity contribution is 6.00. The zero-order chi connectivity index (χ0) is 21.8. The van der Waals surface area contributed by atoms with Crippen molar-refractivity contribution in [2.45, 2.75) is 33.6 Å². The van der Waals surface area contributed by atoms with Crippen LogP contribution in [0, 0.1) is 0 Å². The zero-order valence-electron chi connectivity index (χ0n) is 18.4. The van der Waals surface area contributed by atoms with Gasteiger partial charge in [0.05, 0.1) is 19.5 Å². The molecule has 0 spiro atoms. The molecule has 162 valence electrons. The summed E-state index contributed by atoms with van der Waals surface area (Å²) in [7, 11) is 0. The first-order valence-electron chi connectivity index (χ1n) is 11.0. The van der Waals surface area contributed by atoms with E-state index in [0.29, 0.717) is 13.2 Å². The van der Waals surface area contributed by atoms with E-state index < -0.39 is 0 Å². The lowest BCUT2D eigenvalue weighted by Gasteiger charge is -2.15. The molecule has 1 aliphatic heterocycles. The molecule has 0 unspecified atom stereocenters. The first-order chi connectivity index (χ1) is 15.1. The molecular weight excluding hydrogens is 390 g/mol. The largest absolute Gasteiger partial charge is 0.494 e. The zero-order valence-corrected chi connectivity index (χ0v) is 18.4. The van der Waals surface area contributed by atoms with E-state index in [1.807, 2.05) is 56.0 Å². The summed E-state index contributed by atoms with van der Waals surface area (Å²) in [6.45, 7) is 8.74. The fourth-order valence-corrected chi connectivity index (χ4v) is 4.05. The first kappa shape index (κ1) is 21.0. The van der Waals surface area contributed by atoms with Gasteiger partial charge in [-0.1, -0.05) is 12.1 Å². The molecule has 0 N–H and O–H groups in total. The Labute approximate surface area is 183 Å². The molecule has 3 aromatic rings. The average Bonchev–Trinajstić information content (AvgIpc) is 3.44. The Kier molecular flexibility index (Phi) is 6.31. The third-order valence-electron chi connectivity index (χ3n) is 5.63. The normalized spacial score (nSPS) is 14.3. The Morgan fingerprint density at radius 3 is 2.45 bits per heavy atom. The summed E-state index contributed by atoms with van der Waals surface area (Å²) in [5.74, 6) is 1.64. The maximum absolute atomic E-state index is 12.7. The summed E-state index contributed by atoms with van der Waals surface area (Å²) in [5, 5.41) is 0.990. The second-order valence-corrected chi connectivity index (χ2v) is 7.74. The van der Waals surface area contributed by atoms with Gasteiger partial charge in [0.2, 0.25) is 5.91 Å². The van der Waals surface area contributed by atoms with Crippen molar-refractivity contribution < 1.29 is 18.7 Å². The van der Waals surface area contributed by atoms with Crippen LogP contribution >= 0.6 is 0 Å². The van der Waals surface area contributed by atoms with Crippen molar-refractivity contribution in [3.63, 3.8) is 0 Å². The highest BCUT2D eigenvalue weighted by atomic mass is 16.5. The number of benzene rings is 2. The van der Waals surface area contributed by atoms with Crippen molar-refractivity contribution in [3.8, 4) is 22.6 Å². The molecule has 0 saturated carbocycles. The number of furan rings is 1. The number of nitrogens with zero attached hydrogens (tertiary/aromatic N) is 1. The monoisotopic (exact) mass is 419 g/mol. The van der Waals surface area contributed by atoms with Crippen molar-refractivity contribution in [1.29, 1.82) is 0 Å². The number of ether oxygens (including phenoxy) is 2. The molecule has 2 aromatic carbocycles. The molecular formula is C26H29NO4. The molecule has 0 atom stereocenters. The number of allylic oxidation sites excluding steroid dienone is 1. The van der Waals surface area contributed by atoms with Gasteiger partial charge in [-0.15, -0.1) is 0 Å². The molecule has 31 heavy (non-hydrogen) atoms. The van der Waals surface area contributed by atoms with Crippen LogP contribution in [0.15, 0.2) is 53.2 Å². The highest BCUT2D eigenvalue weighted by Gasteiger charge is 2.19. The average molecular weight is 420 g/mol. The van der Waals surface area contributed by atoms with Crippen LogP contribution in [-0.2, 0) is 4.79 Å². The topological polar surface area (TPSA) is 51.9 Å². The fourth-order valence-electron chi connectivity index (χ4n) is 4.05. The lowest BCUT2D eigenvalue weighted by molar-refractivity contribution is -0.124. The van der Waals surface area contributed by atoms with Crippen molar-refractivity contribution in [3.05, 3.63) is 54.3 Å². The number of hydrogen-bond donors (Lipinski definition) is 0. The van der Waals surface area contributed by atoms with E-state index in [1.165, 1.54) is 0 Å². The lowest BCUT2D eigenvalue weighted by Crippen LogP contribution is -2.25. The van der Waals surface area contributed by atoms with Gasteiger partial charge in [-0.3, -0.25) is 4.79 Å². The third kappa shape index (κ3) is 4.46. The van der Waals surface area contributed by atoms with Crippen LogP contribution in [0.1, 0.15) is 39.2 Å². The molecule has 0 aliphatic carbocycles. The van der Waals surface area contributed by atoms with Crippen molar-refractivity contribution in [2.75, 3.05) is 26.3 Å². The lowest BCUT2D eigenvalue weighted by atomic mass is 9.99.